The third-order valence-electron chi connectivity index (χ3n) is 2.86. The molecule has 2 rings (SSSR count). The van der Waals surface area contributed by atoms with Crippen molar-refractivity contribution in [2.45, 2.75) is 20.4 Å². The van der Waals surface area contributed by atoms with Crippen molar-refractivity contribution in [2.75, 3.05) is 5.32 Å². The Bertz CT molecular complexity index is 710. The molecule has 0 spiro atoms. The maximum absolute atomic E-state index is 11.3. The summed E-state index contributed by atoms with van der Waals surface area (Å²) in [6, 6.07) is 7.02. The molecule has 1 amide bonds. The molecule has 0 aliphatic carbocycles. The molecule has 1 N–H and O–H groups in total. The lowest BCUT2D eigenvalue weighted by molar-refractivity contribution is -0.133. The van der Waals surface area contributed by atoms with Crippen molar-refractivity contribution in [1.82, 2.24) is 9.78 Å². The lowest BCUT2D eigenvalue weighted by atomic mass is 10.2. The molecule has 0 radical (unpaired) electrons. The van der Waals surface area contributed by atoms with Gasteiger partial charge in [0.1, 0.15) is 0 Å². The third kappa shape index (κ3) is 3.83. The number of anilines is 1. The first-order chi connectivity index (χ1) is 9.86. The van der Waals surface area contributed by atoms with Gasteiger partial charge in [-0.25, -0.2) is 0 Å². The fourth-order valence-corrected chi connectivity index (χ4v) is 2.07. The molecule has 0 atom stereocenters. The largest absolute Gasteiger partial charge is 0.303 e. The molecular formula is C14H13Cl2N3O2. The summed E-state index contributed by atoms with van der Waals surface area (Å²) in [4.78, 5) is 22.3. The number of Topliss-reactive ketones (excluding diaryl/α,β-unsaturated/α-hetero) is 1. The summed E-state index contributed by atoms with van der Waals surface area (Å²) >= 11 is 11.8. The van der Waals surface area contributed by atoms with Crippen LogP contribution in [0.2, 0.25) is 10.0 Å². The van der Waals surface area contributed by atoms with Crippen molar-refractivity contribution in [2.24, 2.45) is 0 Å². The molecule has 0 fully saturated rings. The monoisotopic (exact) mass is 325 g/mol. The number of carbonyl (C=O) groups is 2. The Kier molecular flexibility index (Phi) is 4.65. The van der Waals surface area contributed by atoms with Gasteiger partial charge < -0.3 is 5.32 Å². The quantitative estimate of drug-likeness (QED) is 0.878. The second-order valence-electron chi connectivity index (χ2n) is 4.59. The first-order valence-corrected chi connectivity index (χ1v) is 6.92. The summed E-state index contributed by atoms with van der Waals surface area (Å²) in [7, 11) is 0. The van der Waals surface area contributed by atoms with E-state index >= 15 is 0 Å². The Balaban J connectivity index is 2.17. The summed E-state index contributed by atoms with van der Waals surface area (Å²) < 4.78 is 1.70. The van der Waals surface area contributed by atoms with Crippen LogP contribution in [0.1, 0.15) is 18.2 Å². The van der Waals surface area contributed by atoms with E-state index in [1.807, 2.05) is 13.0 Å². The second kappa shape index (κ2) is 6.28. The van der Waals surface area contributed by atoms with Gasteiger partial charge in [-0.2, -0.15) is 5.10 Å². The van der Waals surface area contributed by atoms with E-state index in [4.69, 9.17) is 23.2 Å². The first kappa shape index (κ1) is 15.5. The molecule has 1 heterocycles. The number of benzene rings is 1. The Morgan fingerprint density at radius 3 is 2.57 bits per heavy atom. The van der Waals surface area contributed by atoms with Crippen LogP contribution in [0, 0.1) is 6.92 Å². The van der Waals surface area contributed by atoms with Crippen molar-refractivity contribution in [3.8, 4) is 0 Å². The lowest BCUT2D eigenvalue weighted by Gasteiger charge is -2.05. The van der Waals surface area contributed by atoms with Crippen LogP contribution in [0.3, 0.4) is 0 Å². The Hall–Kier alpha value is -1.85. The molecule has 0 aliphatic heterocycles. The average molecular weight is 326 g/mol. The molecule has 0 aliphatic rings. The zero-order valence-electron chi connectivity index (χ0n) is 11.5. The number of nitrogens with one attached hydrogen (secondary N) is 1. The lowest BCUT2D eigenvalue weighted by Crippen LogP contribution is -2.20. The van der Waals surface area contributed by atoms with Crippen molar-refractivity contribution in [3.05, 3.63) is 45.6 Å². The fourth-order valence-electron chi connectivity index (χ4n) is 1.75. The van der Waals surface area contributed by atoms with Gasteiger partial charge in [-0.15, -0.1) is 0 Å². The van der Waals surface area contributed by atoms with Crippen LogP contribution in [0.5, 0.6) is 0 Å². The molecule has 21 heavy (non-hydrogen) atoms. The number of hydrogen-bond acceptors (Lipinski definition) is 3. The zero-order chi connectivity index (χ0) is 15.6. The SMILES string of the molecule is CC(=O)C(=O)Nc1cc(C)n(Cc2ccc(Cl)c(Cl)c2)n1. The van der Waals surface area contributed by atoms with Crippen LogP contribution < -0.4 is 5.32 Å². The highest BCUT2D eigenvalue weighted by Crippen LogP contribution is 2.23. The smallest absolute Gasteiger partial charge is 0.292 e. The molecule has 110 valence electrons. The Morgan fingerprint density at radius 1 is 1.24 bits per heavy atom. The summed E-state index contributed by atoms with van der Waals surface area (Å²) in [5, 5.41) is 7.65. The van der Waals surface area contributed by atoms with Gasteiger partial charge in [0.05, 0.1) is 16.6 Å². The average Bonchev–Trinajstić information content (AvgIpc) is 2.74. The van der Waals surface area contributed by atoms with E-state index in [1.54, 1.807) is 22.9 Å². The molecule has 1 aromatic heterocycles. The van der Waals surface area contributed by atoms with Crippen LogP contribution in [0.4, 0.5) is 5.82 Å². The summed E-state index contributed by atoms with van der Waals surface area (Å²) in [5.74, 6) is -0.909. The van der Waals surface area contributed by atoms with Gasteiger partial charge in [-0.1, -0.05) is 29.3 Å². The van der Waals surface area contributed by atoms with E-state index in [-0.39, 0.29) is 0 Å². The molecule has 1 aromatic carbocycles. The number of halogens is 2. The van der Waals surface area contributed by atoms with Crippen molar-refractivity contribution >= 4 is 40.7 Å². The highest BCUT2D eigenvalue weighted by Gasteiger charge is 2.11. The van der Waals surface area contributed by atoms with Gasteiger partial charge in [0, 0.05) is 18.7 Å². The van der Waals surface area contributed by atoms with Crippen molar-refractivity contribution in [1.29, 1.82) is 0 Å². The predicted molar refractivity (Wildman–Crippen MR) is 81.8 cm³/mol. The van der Waals surface area contributed by atoms with Gasteiger partial charge >= 0.3 is 0 Å². The van der Waals surface area contributed by atoms with Gasteiger partial charge in [-0.3, -0.25) is 14.3 Å². The molecule has 2 aromatic rings. The van der Waals surface area contributed by atoms with Crippen LogP contribution >= 0.6 is 23.2 Å². The van der Waals surface area contributed by atoms with E-state index in [0.717, 1.165) is 11.3 Å². The zero-order valence-corrected chi connectivity index (χ0v) is 13.0. The fraction of sp³-hybridized carbons (Fsp3) is 0.214. The van der Waals surface area contributed by atoms with Crippen LogP contribution in [-0.2, 0) is 16.1 Å². The van der Waals surface area contributed by atoms with E-state index in [9.17, 15) is 9.59 Å². The maximum atomic E-state index is 11.3. The number of aryl methyl sites for hydroxylation is 1. The van der Waals surface area contributed by atoms with Crippen LogP contribution in [0.25, 0.3) is 0 Å². The van der Waals surface area contributed by atoms with Gasteiger partial charge in [0.15, 0.2) is 5.82 Å². The van der Waals surface area contributed by atoms with Crippen molar-refractivity contribution < 1.29 is 9.59 Å². The maximum Gasteiger partial charge on any atom is 0.292 e. The topological polar surface area (TPSA) is 64.0 Å². The Labute approximate surface area is 131 Å². The highest BCUT2D eigenvalue weighted by molar-refractivity contribution is 6.42. The number of carbonyl (C=O) groups excluding carboxylic acids is 2. The van der Waals surface area contributed by atoms with Gasteiger partial charge in [0.25, 0.3) is 5.91 Å². The normalized spacial score (nSPS) is 10.5. The number of ketones is 1. The summed E-state index contributed by atoms with van der Waals surface area (Å²) in [6.45, 7) is 3.54. The second-order valence-corrected chi connectivity index (χ2v) is 5.40. The molecule has 7 heteroatoms. The van der Waals surface area contributed by atoms with Crippen LogP contribution in [-0.4, -0.2) is 21.5 Å². The summed E-state index contributed by atoms with van der Waals surface area (Å²) in [5.41, 5.74) is 1.78. The van der Waals surface area contributed by atoms with E-state index in [2.05, 4.69) is 10.4 Å². The predicted octanol–water partition coefficient (Wildman–Crippen LogP) is 3.07. The van der Waals surface area contributed by atoms with E-state index < -0.39 is 11.7 Å². The molecule has 0 unspecified atom stereocenters. The minimum absolute atomic E-state index is 0.341. The summed E-state index contributed by atoms with van der Waals surface area (Å²) in [6.07, 6.45) is 0. The standard InChI is InChI=1S/C14H13Cl2N3O2/c1-8-5-13(17-14(21)9(2)20)18-19(8)7-10-3-4-11(15)12(16)6-10/h3-6H,7H2,1-2H3,(H,17,18,21). The number of rotatable bonds is 4. The highest BCUT2D eigenvalue weighted by atomic mass is 35.5. The van der Waals surface area contributed by atoms with E-state index in [1.165, 1.54) is 6.92 Å². The minimum atomic E-state index is -0.686. The number of amides is 1. The van der Waals surface area contributed by atoms with E-state index in [0.29, 0.717) is 22.4 Å². The third-order valence-corrected chi connectivity index (χ3v) is 3.60. The van der Waals surface area contributed by atoms with Gasteiger partial charge in [0.2, 0.25) is 5.78 Å². The number of aromatic nitrogens is 2. The molecule has 0 saturated carbocycles. The minimum Gasteiger partial charge on any atom is -0.303 e. The molecule has 0 saturated heterocycles. The number of nitrogens with zero attached hydrogens (tertiary/aromatic N) is 2. The van der Waals surface area contributed by atoms with Gasteiger partial charge in [-0.05, 0) is 24.6 Å². The molecule has 5 nitrogen and oxygen atoms in total. The molecular weight excluding hydrogens is 313 g/mol. The molecule has 0 bridgehead atoms. The van der Waals surface area contributed by atoms with Crippen molar-refractivity contribution in [3.63, 3.8) is 0 Å². The number of hydrogen-bond donors (Lipinski definition) is 1. The van der Waals surface area contributed by atoms with Crippen LogP contribution in [0.15, 0.2) is 24.3 Å². The first-order valence-electron chi connectivity index (χ1n) is 6.17. The Morgan fingerprint density at radius 2 is 1.95 bits per heavy atom.